The number of halogens is 9. The lowest BCUT2D eigenvalue weighted by molar-refractivity contribution is -0.193. The minimum atomic E-state index is -5.08. The number of carbonyl (C=O) groups is 4. The molecule has 5 rings (SSSR count). The van der Waals surface area contributed by atoms with E-state index in [0.29, 0.717) is 31.7 Å². The van der Waals surface area contributed by atoms with E-state index < -0.39 is 57.7 Å². The molecule has 1 amide bonds. The van der Waals surface area contributed by atoms with E-state index in [1.807, 2.05) is 48.2 Å². The van der Waals surface area contributed by atoms with Crippen molar-refractivity contribution in [1.29, 1.82) is 0 Å². The fourth-order valence-corrected chi connectivity index (χ4v) is 7.26. The Kier molecular flexibility index (Phi) is 17.2. The first-order chi connectivity index (χ1) is 27.6. The Morgan fingerprint density at radius 2 is 1.37 bits per heavy atom. The number of aromatic nitrogens is 2. The first-order valence-electron chi connectivity index (χ1n) is 16.4. The van der Waals surface area contributed by atoms with E-state index >= 15 is 0 Å². The number of carboxylic acid groups (broad SMARTS) is 3. The second kappa shape index (κ2) is 20.6. The van der Waals surface area contributed by atoms with Crippen LogP contribution in [0.2, 0.25) is 0 Å². The van der Waals surface area contributed by atoms with E-state index in [-0.39, 0.29) is 17.1 Å². The first kappa shape index (κ1) is 49.9. The molecule has 15 nitrogen and oxygen atoms in total. The highest BCUT2D eigenvalue weighted by Gasteiger charge is 2.46. The van der Waals surface area contributed by atoms with Crippen LogP contribution in [-0.2, 0) is 35.6 Å². The van der Waals surface area contributed by atoms with Crippen LogP contribution in [0.5, 0.6) is 5.75 Å². The molecule has 0 aliphatic carbocycles. The monoisotopic (exact) mass is 888 g/mol. The van der Waals surface area contributed by atoms with Crippen LogP contribution >= 0.6 is 0 Å². The maximum Gasteiger partial charge on any atom is 0.490 e. The maximum atomic E-state index is 13.6. The Bertz CT molecular complexity index is 2150. The van der Waals surface area contributed by atoms with Crippen LogP contribution in [-0.4, -0.2) is 99.1 Å². The predicted molar refractivity (Wildman–Crippen MR) is 188 cm³/mol. The molecular formula is C35H33F9N4O11S. The molecule has 5 N–H and O–H groups in total. The Morgan fingerprint density at radius 3 is 1.85 bits per heavy atom. The van der Waals surface area contributed by atoms with E-state index in [1.54, 1.807) is 36.1 Å². The summed E-state index contributed by atoms with van der Waals surface area (Å²) >= 11 is 0. The number of carbonyl (C=O) groups excluding carboxylic acids is 1. The number of nitrogens with zero attached hydrogens (tertiary/aromatic N) is 3. The van der Waals surface area contributed by atoms with Crippen molar-refractivity contribution >= 4 is 50.2 Å². The van der Waals surface area contributed by atoms with Crippen LogP contribution in [0.25, 0.3) is 10.9 Å². The van der Waals surface area contributed by atoms with Gasteiger partial charge in [0.2, 0.25) is 5.91 Å². The van der Waals surface area contributed by atoms with Crippen molar-refractivity contribution in [3.05, 3.63) is 90.4 Å². The summed E-state index contributed by atoms with van der Waals surface area (Å²) in [6.07, 6.45) is -10.9. The molecule has 1 unspecified atom stereocenters. The molecule has 3 heterocycles. The fraction of sp³-hybridized carbons (Fsp3) is 0.314. The van der Waals surface area contributed by atoms with Crippen LogP contribution in [0.15, 0.2) is 84.0 Å². The zero-order chi connectivity index (χ0) is 45.7. The lowest BCUT2D eigenvalue weighted by Crippen LogP contribution is -2.52. The molecule has 0 saturated carbocycles. The van der Waals surface area contributed by atoms with E-state index in [0.717, 1.165) is 27.8 Å². The van der Waals surface area contributed by atoms with Gasteiger partial charge in [-0.2, -0.15) is 39.5 Å². The van der Waals surface area contributed by atoms with E-state index in [1.165, 1.54) is 12.1 Å². The Hall–Kier alpha value is -6.24. The first-order valence-corrected chi connectivity index (χ1v) is 18.1. The largest absolute Gasteiger partial charge is 0.490 e. The number of anilines is 1. The minimum absolute atomic E-state index is 0.141. The van der Waals surface area contributed by atoms with Crippen LogP contribution in [0.4, 0.5) is 45.2 Å². The van der Waals surface area contributed by atoms with Gasteiger partial charge in [-0.1, -0.05) is 18.2 Å². The van der Waals surface area contributed by atoms with Gasteiger partial charge >= 0.3 is 36.4 Å². The Morgan fingerprint density at radius 1 is 0.833 bits per heavy atom. The minimum Gasteiger partial charge on any atom is -0.489 e. The van der Waals surface area contributed by atoms with Crippen LogP contribution in [0.3, 0.4) is 0 Å². The van der Waals surface area contributed by atoms with Gasteiger partial charge < -0.3 is 25.0 Å². The van der Waals surface area contributed by atoms with Crippen molar-refractivity contribution in [3.8, 4) is 5.75 Å². The molecule has 0 spiro atoms. The van der Waals surface area contributed by atoms with Crippen molar-refractivity contribution < 1.29 is 92.4 Å². The van der Waals surface area contributed by atoms with Crippen molar-refractivity contribution in [1.82, 2.24) is 15.4 Å². The molecule has 2 aromatic carbocycles. The fourth-order valence-electron chi connectivity index (χ4n) is 5.43. The zero-order valence-electron chi connectivity index (χ0n) is 30.5. The number of ether oxygens (including phenoxy) is 1. The summed E-state index contributed by atoms with van der Waals surface area (Å²) in [5, 5.41) is 31.6. The average Bonchev–Trinajstić information content (AvgIpc) is 3.55. The molecule has 1 aliphatic heterocycles. The number of hydroxylamine groups is 1. The maximum absolute atomic E-state index is 13.6. The number of sulfone groups is 1. The van der Waals surface area contributed by atoms with Gasteiger partial charge in [0.25, 0.3) is 0 Å². The van der Waals surface area contributed by atoms with Gasteiger partial charge in [0, 0.05) is 29.4 Å². The molecule has 1 aliphatic rings. The predicted octanol–water partition coefficient (Wildman–Crippen LogP) is 6.13. The number of hydrogen-bond donors (Lipinski definition) is 5. The highest BCUT2D eigenvalue weighted by molar-refractivity contribution is 7.91. The molecule has 2 aromatic heterocycles. The number of rotatable bonds is 9. The SMILES string of the molecule is Cc1cc(COc2ccc(S(=O)(=O)CC3(CC(=O)NO)CCCN3c3cccnc3)cc2)c2ccccc2n1.O=C(O)C(F)(F)F.O=C(O)C(F)(F)F.O=C(O)C(F)(F)F. The van der Waals surface area contributed by atoms with E-state index in [2.05, 4.69) is 9.97 Å². The van der Waals surface area contributed by atoms with Crippen molar-refractivity contribution in [2.24, 2.45) is 0 Å². The zero-order valence-corrected chi connectivity index (χ0v) is 31.4. The van der Waals surface area contributed by atoms with Gasteiger partial charge in [-0.3, -0.25) is 20.0 Å². The van der Waals surface area contributed by atoms with Crippen LogP contribution in [0.1, 0.15) is 30.5 Å². The van der Waals surface area contributed by atoms with Gasteiger partial charge in [0.1, 0.15) is 12.4 Å². The van der Waals surface area contributed by atoms with E-state index in [4.69, 9.17) is 34.4 Å². The van der Waals surface area contributed by atoms with Crippen LogP contribution < -0.4 is 15.1 Å². The summed E-state index contributed by atoms with van der Waals surface area (Å²) in [7, 11) is -3.80. The highest BCUT2D eigenvalue weighted by Crippen LogP contribution is 2.39. The quantitative estimate of drug-likeness (QED) is 0.0724. The topological polar surface area (TPSA) is 234 Å². The number of fused-ring (bicyclic) bond motifs is 1. The third kappa shape index (κ3) is 15.2. The highest BCUT2D eigenvalue weighted by atomic mass is 32.2. The molecular weight excluding hydrogens is 855 g/mol. The number of amides is 1. The van der Waals surface area contributed by atoms with Crippen molar-refractivity contribution in [2.75, 3.05) is 17.2 Å². The Labute approximate surface area is 332 Å². The van der Waals surface area contributed by atoms with E-state index in [9.17, 15) is 57.9 Å². The molecule has 0 radical (unpaired) electrons. The summed E-state index contributed by atoms with van der Waals surface area (Å²) in [5.41, 5.74) is 4.16. The smallest absolute Gasteiger partial charge is 0.489 e. The molecule has 60 heavy (non-hydrogen) atoms. The molecule has 328 valence electrons. The third-order valence-corrected chi connectivity index (χ3v) is 9.77. The summed E-state index contributed by atoms with van der Waals surface area (Å²) in [6.45, 7) is 2.83. The number of alkyl halides is 9. The second-order valence-electron chi connectivity index (χ2n) is 12.3. The number of carboxylic acids is 3. The molecule has 4 aromatic rings. The summed E-state index contributed by atoms with van der Waals surface area (Å²) in [6, 6.07) is 19.8. The number of pyridine rings is 2. The summed E-state index contributed by atoms with van der Waals surface area (Å²) < 4.78 is 128. The summed E-state index contributed by atoms with van der Waals surface area (Å²) in [4.78, 5) is 49.8. The number of para-hydroxylation sites is 1. The number of hydrogen-bond acceptors (Lipinski definition) is 11. The van der Waals surface area contributed by atoms with Gasteiger partial charge in [0.05, 0.1) is 40.0 Å². The number of aliphatic carboxylic acids is 3. The standard InChI is InChI=1S/C29H30N4O5S.3C2HF3O2/c1-21-16-22(26-7-2-3-8-27(26)31-21)19-38-24-9-11-25(12-10-24)39(36,37)20-29(17-28(34)32-35)13-5-15-33(29)23-6-4-14-30-18-23;3*3-2(4,5)1(6)7/h2-4,6-12,14,16,18,35H,5,13,15,17,19-20H2,1H3,(H,32,34);3*(H,6,7). The summed E-state index contributed by atoms with van der Waals surface area (Å²) in [5.74, 6) is -8.65. The second-order valence-corrected chi connectivity index (χ2v) is 14.3. The molecule has 1 fully saturated rings. The number of aryl methyl sites for hydroxylation is 1. The van der Waals surface area contributed by atoms with Crippen molar-refractivity contribution in [3.63, 3.8) is 0 Å². The van der Waals surface area contributed by atoms with Crippen molar-refractivity contribution in [2.45, 2.75) is 61.8 Å². The number of nitrogens with one attached hydrogen (secondary N) is 1. The van der Waals surface area contributed by atoms with Gasteiger partial charge in [0.15, 0.2) is 9.84 Å². The number of benzene rings is 2. The molecule has 0 bridgehead atoms. The van der Waals surface area contributed by atoms with Gasteiger partial charge in [-0.25, -0.2) is 28.3 Å². The molecule has 25 heteroatoms. The third-order valence-electron chi connectivity index (χ3n) is 7.86. The van der Waals surface area contributed by atoms with Gasteiger partial charge in [-0.05, 0) is 68.3 Å². The normalized spacial score (nSPS) is 15.2. The molecule has 1 atom stereocenters. The van der Waals surface area contributed by atoms with Gasteiger partial charge in [-0.15, -0.1) is 0 Å². The Balaban J connectivity index is 0.000000485. The van der Waals surface area contributed by atoms with Crippen LogP contribution in [0, 0.1) is 6.92 Å². The lowest BCUT2D eigenvalue weighted by Gasteiger charge is -2.39. The molecule has 1 saturated heterocycles. The average molecular weight is 889 g/mol. The lowest BCUT2D eigenvalue weighted by atomic mass is 9.93.